The van der Waals surface area contributed by atoms with Gasteiger partial charge in [-0.15, -0.1) is 0 Å². The van der Waals surface area contributed by atoms with E-state index in [2.05, 4.69) is 15.6 Å². The Bertz CT molecular complexity index is 842. The second-order valence-electron chi connectivity index (χ2n) is 6.69. The molecule has 8 nitrogen and oxygen atoms in total. The maximum Gasteiger partial charge on any atom is 0.256 e. The van der Waals surface area contributed by atoms with Crippen LogP contribution in [0.15, 0.2) is 54.9 Å². The molecule has 3 rings (SSSR count). The van der Waals surface area contributed by atoms with Crippen LogP contribution < -0.4 is 10.6 Å². The molecule has 1 saturated heterocycles. The zero-order chi connectivity index (χ0) is 20.1. The maximum atomic E-state index is 12.5. The van der Waals surface area contributed by atoms with E-state index >= 15 is 0 Å². The molecule has 1 fully saturated rings. The largest absolute Gasteiger partial charge is 0.349 e. The molecule has 1 aromatic heterocycles. The molecule has 3 atom stereocenters. The molecule has 8 heteroatoms. The Morgan fingerprint density at radius 1 is 1.07 bits per heavy atom. The number of hydrogen-bond acceptors (Lipinski definition) is 5. The first-order valence-electron chi connectivity index (χ1n) is 8.87. The third kappa shape index (κ3) is 4.92. The van der Waals surface area contributed by atoms with Gasteiger partial charge in [0.25, 0.3) is 11.8 Å². The van der Waals surface area contributed by atoms with Crippen molar-refractivity contribution in [3.63, 3.8) is 0 Å². The third-order valence-electron chi connectivity index (χ3n) is 4.28. The van der Waals surface area contributed by atoms with Crippen molar-refractivity contribution in [2.75, 3.05) is 19.4 Å². The molecule has 2 aromatic rings. The number of nitrogens with zero attached hydrogens (tertiary/aromatic N) is 2. The molecule has 1 aliphatic rings. The highest BCUT2D eigenvalue weighted by atomic mass is 16.6. The smallest absolute Gasteiger partial charge is 0.256 e. The summed E-state index contributed by atoms with van der Waals surface area (Å²) in [5, 5.41) is 5.35. The summed E-state index contributed by atoms with van der Waals surface area (Å²) in [4.78, 5) is 42.5. The zero-order valence-corrected chi connectivity index (χ0v) is 15.7. The summed E-state index contributed by atoms with van der Waals surface area (Å²) in [7, 11) is 3.26. The molecule has 0 radical (unpaired) electrons. The Morgan fingerprint density at radius 2 is 1.79 bits per heavy atom. The number of rotatable bonds is 7. The molecular weight excluding hydrogens is 360 g/mol. The lowest BCUT2D eigenvalue weighted by molar-refractivity contribution is -0.134. The predicted octanol–water partition coefficient (Wildman–Crippen LogP) is 0.603. The van der Waals surface area contributed by atoms with Crippen molar-refractivity contribution in [2.24, 2.45) is 0 Å². The molecule has 2 heterocycles. The van der Waals surface area contributed by atoms with E-state index in [-0.39, 0.29) is 5.91 Å². The number of pyridine rings is 1. The average Bonchev–Trinajstić information content (AvgIpc) is 3.49. The highest BCUT2D eigenvalue weighted by molar-refractivity contribution is 6.02. The van der Waals surface area contributed by atoms with Gasteiger partial charge in [0.15, 0.2) is 12.2 Å². The predicted molar refractivity (Wildman–Crippen MR) is 102 cm³/mol. The molecule has 0 unspecified atom stereocenters. The fourth-order valence-electron chi connectivity index (χ4n) is 2.78. The van der Waals surface area contributed by atoms with E-state index in [1.54, 1.807) is 32.4 Å². The van der Waals surface area contributed by atoms with Crippen molar-refractivity contribution >= 4 is 23.4 Å². The van der Waals surface area contributed by atoms with E-state index in [1.165, 1.54) is 11.1 Å². The first-order valence-corrected chi connectivity index (χ1v) is 8.87. The summed E-state index contributed by atoms with van der Waals surface area (Å²) in [5.74, 6) is -1.14. The maximum absolute atomic E-state index is 12.5. The highest BCUT2D eigenvalue weighted by Crippen LogP contribution is 2.24. The van der Waals surface area contributed by atoms with Crippen molar-refractivity contribution in [2.45, 2.75) is 24.7 Å². The lowest BCUT2D eigenvalue weighted by Crippen LogP contribution is -2.49. The first-order chi connectivity index (χ1) is 13.5. The monoisotopic (exact) mass is 382 g/mol. The number of carbonyl (C=O) groups is 3. The first kappa shape index (κ1) is 19.5. The minimum Gasteiger partial charge on any atom is -0.349 e. The van der Waals surface area contributed by atoms with Gasteiger partial charge in [-0.3, -0.25) is 19.4 Å². The van der Waals surface area contributed by atoms with Crippen LogP contribution in [0, 0.1) is 0 Å². The van der Waals surface area contributed by atoms with E-state index in [0.717, 1.165) is 5.56 Å². The van der Waals surface area contributed by atoms with Crippen molar-refractivity contribution in [3.8, 4) is 0 Å². The molecule has 2 N–H and O–H groups in total. The SMILES string of the molecule is CN(C)C(=O)[C@H](Cc1ccccc1)NC(=O)[C@H]1O[C@@H]1C(=O)Nc1cccnc1. The molecule has 0 bridgehead atoms. The lowest BCUT2D eigenvalue weighted by Gasteiger charge is -2.21. The molecule has 1 aromatic carbocycles. The van der Waals surface area contributed by atoms with Gasteiger partial charge < -0.3 is 20.3 Å². The van der Waals surface area contributed by atoms with Gasteiger partial charge in [-0.2, -0.15) is 0 Å². The Hall–Kier alpha value is -3.26. The van der Waals surface area contributed by atoms with Gasteiger partial charge in [0.1, 0.15) is 6.04 Å². The Morgan fingerprint density at radius 3 is 2.43 bits per heavy atom. The van der Waals surface area contributed by atoms with Crippen molar-refractivity contribution in [3.05, 3.63) is 60.4 Å². The van der Waals surface area contributed by atoms with Crippen LogP contribution in [-0.2, 0) is 25.5 Å². The Kier molecular flexibility index (Phi) is 6.00. The molecule has 28 heavy (non-hydrogen) atoms. The summed E-state index contributed by atoms with van der Waals surface area (Å²) in [5.41, 5.74) is 1.44. The van der Waals surface area contributed by atoms with Gasteiger partial charge in [0.05, 0.1) is 11.9 Å². The summed E-state index contributed by atoms with van der Waals surface area (Å²) in [6.07, 6.45) is 1.65. The van der Waals surface area contributed by atoms with Crippen LogP contribution in [0.3, 0.4) is 0 Å². The minimum atomic E-state index is -0.912. The van der Waals surface area contributed by atoms with E-state index in [0.29, 0.717) is 12.1 Å². The van der Waals surface area contributed by atoms with Gasteiger partial charge in [0.2, 0.25) is 5.91 Å². The molecule has 0 saturated carbocycles. The Balaban J connectivity index is 1.59. The van der Waals surface area contributed by atoms with Crippen LogP contribution in [-0.4, -0.2) is 60.0 Å². The lowest BCUT2D eigenvalue weighted by atomic mass is 10.0. The van der Waals surface area contributed by atoms with E-state index < -0.39 is 30.1 Å². The summed E-state index contributed by atoms with van der Waals surface area (Å²) >= 11 is 0. The molecule has 3 amide bonds. The van der Waals surface area contributed by atoms with Gasteiger partial charge >= 0.3 is 0 Å². The minimum absolute atomic E-state index is 0.228. The summed E-state index contributed by atoms with van der Waals surface area (Å²) in [6.45, 7) is 0. The van der Waals surface area contributed by atoms with Gasteiger partial charge in [-0.1, -0.05) is 30.3 Å². The van der Waals surface area contributed by atoms with E-state index in [1.807, 2.05) is 30.3 Å². The van der Waals surface area contributed by atoms with Gasteiger partial charge in [-0.05, 0) is 17.7 Å². The zero-order valence-electron chi connectivity index (χ0n) is 15.7. The highest BCUT2D eigenvalue weighted by Gasteiger charge is 2.51. The van der Waals surface area contributed by atoms with Crippen molar-refractivity contribution in [1.29, 1.82) is 0 Å². The standard InChI is InChI=1S/C20H22N4O4/c1-24(2)20(27)15(11-13-7-4-3-5-8-13)23-19(26)17-16(28-17)18(25)22-14-9-6-10-21-12-14/h3-10,12,15-17H,11H2,1-2H3,(H,22,25)(H,23,26)/t15-,16-,17-/m0/s1. The Labute approximate surface area is 162 Å². The molecule has 146 valence electrons. The second-order valence-corrected chi connectivity index (χ2v) is 6.69. The number of amides is 3. The van der Waals surface area contributed by atoms with Crippen LogP contribution >= 0.6 is 0 Å². The molecule has 1 aliphatic heterocycles. The molecular formula is C20H22N4O4. The van der Waals surface area contributed by atoms with Crippen LogP contribution in [0.1, 0.15) is 5.56 Å². The number of hydrogen-bond donors (Lipinski definition) is 2. The molecule has 0 aliphatic carbocycles. The molecule has 0 spiro atoms. The number of likely N-dealkylation sites (N-methyl/N-ethyl adjacent to an activating group) is 1. The van der Waals surface area contributed by atoms with Crippen LogP contribution in [0.2, 0.25) is 0 Å². The fraction of sp³-hybridized carbons (Fsp3) is 0.300. The average molecular weight is 382 g/mol. The van der Waals surface area contributed by atoms with E-state index in [4.69, 9.17) is 4.74 Å². The normalized spacial score (nSPS) is 18.6. The number of anilines is 1. The third-order valence-corrected chi connectivity index (χ3v) is 4.28. The summed E-state index contributed by atoms with van der Waals surface area (Å²) in [6, 6.07) is 12.0. The van der Waals surface area contributed by atoms with Gasteiger partial charge in [-0.25, -0.2) is 0 Å². The topological polar surface area (TPSA) is 104 Å². The number of ether oxygens (including phenoxy) is 1. The van der Waals surface area contributed by atoms with Crippen molar-refractivity contribution in [1.82, 2.24) is 15.2 Å². The summed E-state index contributed by atoms with van der Waals surface area (Å²) < 4.78 is 5.23. The number of aromatic nitrogens is 1. The van der Waals surface area contributed by atoms with Crippen LogP contribution in [0.25, 0.3) is 0 Å². The number of benzene rings is 1. The van der Waals surface area contributed by atoms with Gasteiger partial charge in [0, 0.05) is 26.7 Å². The quantitative estimate of drug-likeness (QED) is 0.683. The number of nitrogens with one attached hydrogen (secondary N) is 2. The van der Waals surface area contributed by atoms with Crippen LogP contribution in [0.5, 0.6) is 0 Å². The second kappa shape index (κ2) is 8.62. The number of epoxide rings is 1. The van der Waals surface area contributed by atoms with Crippen molar-refractivity contribution < 1.29 is 19.1 Å². The van der Waals surface area contributed by atoms with E-state index in [9.17, 15) is 14.4 Å². The fourth-order valence-corrected chi connectivity index (χ4v) is 2.78. The van der Waals surface area contributed by atoms with Crippen LogP contribution in [0.4, 0.5) is 5.69 Å². The number of carbonyl (C=O) groups excluding carboxylic acids is 3.